The minimum atomic E-state index is 0.141. The Bertz CT molecular complexity index is 626. The smallest absolute Gasteiger partial charge is 0.223 e. The van der Waals surface area contributed by atoms with E-state index < -0.39 is 0 Å². The lowest BCUT2D eigenvalue weighted by molar-refractivity contribution is -0.132. The zero-order chi connectivity index (χ0) is 18.1. The molecule has 1 heterocycles. The predicted octanol–water partition coefficient (Wildman–Crippen LogP) is 4.67. The van der Waals surface area contributed by atoms with Gasteiger partial charge in [-0.1, -0.05) is 57.5 Å². The number of aromatic nitrogens is 1. The Kier molecular flexibility index (Phi) is 5.11. The van der Waals surface area contributed by atoms with Gasteiger partial charge in [0.1, 0.15) is 5.76 Å². The van der Waals surface area contributed by atoms with Crippen LogP contribution in [0, 0.1) is 23.2 Å². The molecule has 2 atom stereocenters. The molecule has 1 N–H and O–H groups in total. The number of hydrogen-bond donors (Lipinski definition) is 1. The lowest BCUT2D eigenvalue weighted by atomic mass is 9.57. The van der Waals surface area contributed by atoms with Crippen molar-refractivity contribution in [1.29, 1.82) is 0 Å². The first-order chi connectivity index (χ1) is 12.5. The molecule has 1 aromatic rings. The van der Waals surface area contributed by atoms with Crippen molar-refractivity contribution >= 4 is 5.91 Å². The molecule has 1 aromatic heterocycles. The largest absolute Gasteiger partial charge is 0.361 e. The molecular formula is C22H34N2O2. The summed E-state index contributed by atoms with van der Waals surface area (Å²) in [6, 6.07) is 2.50. The lowest BCUT2D eigenvalue weighted by Crippen LogP contribution is -2.59. The van der Waals surface area contributed by atoms with Gasteiger partial charge in [-0.15, -0.1) is 0 Å². The van der Waals surface area contributed by atoms with E-state index in [0.717, 1.165) is 49.5 Å². The van der Waals surface area contributed by atoms with E-state index in [0.29, 0.717) is 12.0 Å². The first-order valence-corrected chi connectivity index (χ1v) is 10.8. The fourth-order valence-electron chi connectivity index (χ4n) is 5.04. The Labute approximate surface area is 157 Å². The van der Waals surface area contributed by atoms with Gasteiger partial charge >= 0.3 is 0 Å². The molecule has 0 saturated heterocycles. The number of rotatable bonds is 6. The highest BCUT2D eigenvalue weighted by molar-refractivity contribution is 5.79. The van der Waals surface area contributed by atoms with Crippen molar-refractivity contribution < 1.29 is 9.32 Å². The molecule has 0 aliphatic heterocycles. The van der Waals surface area contributed by atoms with Crippen LogP contribution in [-0.4, -0.2) is 17.1 Å². The number of amides is 1. The second-order valence-electron chi connectivity index (χ2n) is 9.64. The van der Waals surface area contributed by atoms with Gasteiger partial charge in [-0.05, 0) is 42.9 Å². The van der Waals surface area contributed by atoms with Crippen LogP contribution in [0.5, 0.6) is 0 Å². The van der Waals surface area contributed by atoms with Gasteiger partial charge in [0.15, 0.2) is 0 Å². The quantitative estimate of drug-likeness (QED) is 0.804. The Hall–Kier alpha value is -1.32. The van der Waals surface area contributed by atoms with Gasteiger partial charge in [0, 0.05) is 24.4 Å². The molecule has 26 heavy (non-hydrogen) atoms. The van der Waals surface area contributed by atoms with Crippen LogP contribution < -0.4 is 5.32 Å². The second-order valence-corrected chi connectivity index (χ2v) is 9.64. The average molecular weight is 359 g/mol. The Morgan fingerprint density at radius 1 is 1.15 bits per heavy atom. The first-order valence-electron chi connectivity index (χ1n) is 10.8. The molecule has 2 unspecified atom stereocenters. The molecule has 1 amide bonds. The molecule has 4 nitrogen and oxygen atoms in total. The van der Waals surface area contributed by atoms with E-state index in [1.54, 1.807) is 0 Å². The van der Waals surface area contributed by atoms with Gasteiger partial charge in [0.2, 0.25) is 5.91 Å². The van der Waals surface area contributed by atoms with Crippen molar-refractivity contribution in [3.8, 4) is 0 Å². The van der Waals surface area contributed by atoms with Gasteiger partial charge < -0.3 is 9.84 Å². The molecule has 0 bridgehead atoms. The summed E-state index contributed by atoms with van der Waals surface area (Å²) in [6.07, 6.45) is 13.3. The van der Waals surface area contributed by atoms with Crippen LogP contribution in [0.2, 0.25) is 0 Å². The summed E-state index contributed by atoms with van der Waals surface area (Å²) in [6.45, 7) is 4.58. The topological polar surface area (TPSA) is 55.1 Å². The number of carbonyl (C=O) groups is 1. The van der Waals surface area contributed by atoms with Crippen molar-refractivity contribution in [1.82, 2.24) is 10.5 Å². The average Bonchev–Trinajstić information content (AvgIpc) is 3.00. The summed E-state index contributed by atoms with van der Waals surface area (Å²) in [5.41, 5.74) is 1.24. The van der Waals surface area contributed by atoms with Crippen LogP contribution in [0.3, 0.4) is 0 Å². The molecule has 4 rings (SSSR count). The van der Waals surface area contributed by atoms with E-state index in [1.807, 2.05) is 0 Å². The predicted molar refractivity (Wildman–Crippen MR) is 102 cm³/mol. The highest BCUT2D eigenvalue weighted by atomic mass is 16.5. The van der Waals surface area contributed by atoms with Crippen LogP contribution in [0.4, 0.5) is 0 Å². The van der Waals surface area contributed by atoms with Crippen molar-refractivity contribution in [2.45, 2.75) is 90.5 Å². The van der Waals surface area contributed by atoms with Crippen LogP contribution in [0.1, 0.15) is 83.1 Å². The summed E-state index contributed by atoms with van der Waals surface area (Å²) in [7, 11) is 0. The third kappa shape index (κ3) is 3.70. The zero-order valence-electron chi connectivity index (χ0n) is 16.4. The molecule has 144 valence electrons. The van der Waals surface area contributed by atoms with E-state index >= 15 is 0 Å². The van der Waals surface area contributed by atoms with E-state index in [-0.39, 0.29) is 17.2 Å². The molecule has 3 aliphatic carbocycles. The van der Waals surface area contributed by atoms with E-state index in [1.165, 1.54) is 38.5 Å². The Balaban J connectivity index is 1.27. The van der Waals surface area contributed by atoms with Crippen molar-refractivity contribution in [2.75, 3.05) is 0 Å². The molecule has 0 aromatic carbocycles. The molecule has 4 heteroatoms. The summed E-state index contributed by atoms with van der Waals surface area (Å²) >= 11 is 0. The highest BCUT2D eigenvalue weighted by Crippen LogP contribution is 2.48. The standard InChI is InChI=1S/C22H34N2O2/c1-22(2)17(13-20(22)23-21(25)16-9-6-10-16)12-18-14-19(26-24-18)11-15-7-4-3-5-8-15/h14-17,20H,3-13H2,1-2H3,(H,23,25). The van der Waals surface area contributed by atoms with Crippen molar-refractivity contribution in [2.24, 2.45) is 23.2 Å². The fourth-order valence-corrected chi connectivity index (χ4v) is 5.04. The number of hydrogen-bond acceptors (Lipinski definition) is 3. The number of nitrogens with zero attached hydrogens (tertiary/aromatic N) is 1. The Morgan fingerprint density at radius 3 is 2.58 bits per heavy atom. The van der Waals surface area contributed by atoms with Gasteiger partial charge in [-0.25, -0.2) is 0 Å². The lowest BCUT2D eigenvalue weighted by Gasteiger charge is -2.52. The second kappa shape index (κ2) is 7.36. The number of carbonyl (C=O) groups excluding carboxylic acids is 1. The normalized spacial score (nSPS) is 29.0. The van der Waals surface area contributed by atoms with E-state index in [9.17, 15) is 4.79 Å². The maximum Gasteiger partial charge on any atom is 0.223 e. The van der Waals surface area contributed by atoms with Crippen LogP contribution in [0.15, 0.2) is 10.6 Å². The van der Waals surface area contributed by atoms with Crippen LogP contribution >= 0.6 is 0 Å². The third-order valence-corrected chi connectivity index (χ3v) is 7.54. The molecular weight excluding hydrogens is 324 g/mol. The SMILES string of the molecule is CC1(C)C(Cc2cc(CC3CCCCC3)on2)CC1NC(=O)C1CCC1. The summed E-state index contributed by atoms with van der Waals surface area (Å²) in [5.74, 6) is 2.99. The summed E-state index contributed by atoms with van der Waals surface area (Å²) in [5, 5.41) is 7.64. The maximum absolute atomic E-state index is 12.2. The van der Waals surface area contributed by atoms with E-state index in [2.05, 4.69) is 30.4 Å². The van der Waals surface area contributed by atoms with Gasteiger partial charge in [-0.3, -0.25) is 4.79 Å². The first kappa shape index (κ1) is 18.1. The zero-order valence-corrected chi connectivity index (χ0v) is 16.4. The molecule has 3 aliphatic rings. The van der Waals surface area contributed by atoms with Gasteiger partial charge in [0.05, 0.1) is 5.69 Å². The minimum Gasteiger partial charge on any atom is -0.361 e. The molecule has 3 saturated carbocycles. The van der Waals surface area contributed by atoms with Crippen molar-refractivity contribution in [3.63, 3.8) is 0 Å². The molecule has 0 spiro atoms. The van der Waals surface area contributed by atoms with Crippen LogP contribution in [-0.2, 0) is 17.6 Å². The van der Waals surface area contributed by atoms with Crippen molar-refractivity contribution in [3.05, 3.63) is 17.5 Å². The molecule has 0 radical (unpaired) electrons. The summed E-state index contributed by atoms with van der Waals surface area (Å²) < 4.78 is 5.63. The number of nitrogens with one attached hydrogen (secondary N) is 1. The fraction of sp³-hybridized carbons (Fsp3) is 0.818. The Morgan fingerprint density at radius 2 is 1.92 bits per heavy atom. The third-order valence-electron chi connectivity index (χ3n) is 7.54. The van der Waals surface area contributed by atoms with Crippen LogP contribution in [0.25, 0.3) is 0 Å². The van der Waals surface area contributed by atoms with E-state index in [4.69, 9.17) is 4.52 Å². The van der Waals surface area contributed by atoms with Gasteiger partial charge in [-0.2, -0.15) is 0 Å². The highest BCUT2D eigenvalue weighted by Gasteiger charge is 2.49. The van der Waals surface area contributed by atoms with Gasteiger partial charge in [0.25, 0.3) is 0 Å². The summed E-state index contributed by atoms with van der Waals surface area (Å²) in [4.78, 5) is 12.2. The minimum absolute atomic E-state index is 0.141. The molecule has 3 fully saturated rings. The maximum atomic E-state index is 12.2. The monoisotopic (exact) mass is 358 g/mol.